The summed E-state index contributed by atoms with van der Waals surface area (Å²) in [5, 5.41) is 0. The quantitative estimate of drug-likeness (QED) is 0.910. The number of nitrogens with one attached hydrogen (secondary N) is 1. The largest absolute Gasteiger partial charge is 0.328 e. The van der Waals surface area contributed by atoms with Crippen molar-refractivity contribution < 1.29 is 8.42 Å². The number of benzene rings is 1. The van der Waals surface area contributed by atoms with Gasteiger partial charge in [-0.05, 0) is 17.7 Å². The number of pyridine rings is 1. The Balaban J connectivity index is 2.28. The van der Waals surface area contributed by atoms with Crippen LogP contribution in [0, 0.1) is 0 Å². The third-order valence-corrected chi connectivity index (χ3v) is 5.39. The maximum atomic E-state index is 12.3. The summed E-state index contributed by atoms with van der Waals surface area (Å²) in [6, 6.07) is 9.91. The number of hydrogen-bond acceptors (Lipinski definition) is 3. The second-order valence-corrected chi connectivity index (χ2v) is 7.14. The van der Waals surface area contributed by atoms with Crippen molar-refractivity contribution in [2.24, 2.45) is 0 Å². The molecule has 0 saturated heterocycles. The van der Waals surface area contributed by atoms with Gasteiger partial charge in [-0.25, -0.2) is 8.42 Å². The number of aromatic nitrogens is 1. The first-order chi connectivity index (χ1) is 9.41. The molecular weight excluding hydrogens is 344 g/mol. The summed E-state index contributed by atoms with van der Waals surface area (Å²) in [6.45, 7) is 0.239. The van der Waals surface area contributed by atoms with Crippen molar-refractivity contribution in [1.29, 1.82) is 0 Å². The fraction of sp³-hybridized carbons (Fsp3) is 0.154. The number of rotatable bonds is 4. The van der Waals surface area contributed by atoms with E-state index < -0.39 is 10.0 Å². The van der Waals surface area contributed by atoms with Crippen molar-refractivity contribution in [2.75, 3.05) is 7.05 Å². The molecule has 0 amide bonds. The Kier molecular flexibility index (Phi) is 4.42. The number of halogens is 1. The number of sulfonamides is 1. The van der Waals surface area contributed by atoms with Crippen LogP contribution in [-0.2, 0) is 16.6 Å². The molecule has 0 aliphatic rings. The van der Waals surface area contributed by atoms with Crippen LogP contribution in [0.2, 0.25) is 0 Å². The van der Waals surface area contributed by atoms with Crippen LogP contribution in [0.3, 0.4) is 0 Å². The van der Waals surface area contributed by atoms with Gasteiger partial charge >= 0.3 is 0 Å². The molecule has 2 rings (SSSR count). The summed E-state index contributed by atoms with van der Waals surface area (Å²) < 4.78 is 26.8. The van der Waals surface area contributed by atoms with Crippen LogP contribution in [0.15, 0.2) is 56.8 Å². The second kappa shape index (κ2) is 5.90. The van der Waals surface area contributed by atoms with Gasteiger partial charge in [0.15, 0.2) is 0 Å². The molecule has 0 aliphatic carbocycles. The minimum absolute atomic E-state index is 0.0617. The van der Waals surface area contributed by atoms with Gasteiger partial charge in [0.1, 0.15) is 0 Å². The Bertz CT molecular complexity index is 751. The highest BCUT2D eigenvalue weighted by molar-refractivity contribution is 9.10. The first kappa shape index (κ1) is 15.0. The highest BCUT2D eigenvalue weighted by Crippen LogP contribution is 2.20. The van der Waals surface area contributed by atoms with E-state index in [0.29, 0.717) is 0 Å². The lowest BCUT2D eigenvalue weighted by Gasteiger charge is -2.17. The van der Waals surface area contributed by atoms with Crippen molar-refractivity contribution in [3.63, 3.8) is 0 Å². The SMILES string of the molecule is CN(Cc1ccccc1Br)S(=O)(=O)c1ccc(=O)[nH]c1. The lowest BCUT2D eigenvalue weighted by molar-refractivity contribution is 0.466. The average molecular weight is 357 g/mol. The van der Waals surface area contributed by atoms with Crippen molar-refractivity contribution >= 4 is 26.0 Å². The van der Waals surface area contributed by atoms with Crippen LogP contribution in [-0.4, -0.2) is 24.8 Å². The Morgan fingerprint density at radius 3 is 2.50 bits per heavy atom. The zero-order valence-corrected chi connectivity index (χ0v) is 13.1. The molecule has 0 unspecified atom stereocenters. The molecule has 7 heteroatoms. The fourth-order valence-corrected chi connectivity index (χ4v) is 3.22. The van der Waals surface area contributed by atoms with Crippen LogP contribution in [0.5, 0.6) is 0 Å². The van der Waals surface area contributed by atoms with E-state index >= 15 is 0 Å². The maximum Gasteiger partial charge on any atom is 0.247 e. The zero-order valence-electron chi connectivity index (χ0n) is 10.7. The van der Waals surface area contributed by atoms with Crippen LogP contribution < -0.4 is 5.56 Å². The molecule has 1 aromatic heterocycles. The molecule has 5 nitrogen and oxygen atoms in total. The van der Waals surface area contributed by atoms with E-state index in [1.165, 1.54) is 29.7 Å². The van der Waals surface area contributed by atoms with Crippen molar-refractivity contribution in [1.82, 2.24) is 9.29 Å². The topological polar surface area (TPSA) is 70.2 Å². The zero-order chi connectivity index (χ0) is 14.8. The monoisotopic (exact) mass is 356 g/mol. The highest BCUT2D eigenvalue weighted by Gasteiger charge is 2.21. The molecule has 0 fully saturated rings. The van der Waals surface area contributed by atoms with Crippen LogP contribution >= 0.6 is 15.9 Å². The Morgan fingerprint density at radius 1 is 1.20 bits per heavy atom. The second-order valence-electron chi connectivity index (χ2n) is 4.24. The summed E-state index contributed by atoms with van der Waals surface area (Å²) in [5.74, 6) is 0. The van der Waals surface area contributed by atoms with Crippen molar-refractivity contribution in [2.45, 2.75) is 11.4 Å². The summed E-state index contributed by atoms with van der Waals surface area (Å²) >= 11 is 3.39. The van der Waals surface area contributed by atoms with E-state index in [4.69, 9.17) is 0 Å². The fourth-order valence-electron chi connectivity index (χ4n) is 1.69. The predicted octanol–water partition coefficient (Wildman–Crippen LogP) is 1.96. The number of hydrogen-bond donors (Lipinski definition) is 1. The molecule has 0 radical (unpaired) electrons. The molecule has 2 aromatic rings. The van der Waals surface area contributed by atoms with E-state index in [1.807, 2.05) is 24.3 Å². The summed E-state index contributed by atoms with van der Waals surface area (Å²) in [4.78, 5) is 13.4. The van der Waals surface area contributed by atoms with Gasteiger partial charge in [-0.15, -0.1) is 0 Å². The van der Waals surface area contributed by atoms with E-state index in [0.717, 1.165) is 10.0 Å². The molecule has 20 heavy (non-hydrogen) atoms. The standard InChI is InChI=1S/C13H13BrN2O3S/c1-16(9-10-4-2-3-5-12(10)14)20(18,19)11-6-7-13(17)15-8-11/h2-8H,9H2,1H3,(H,15,17). The van der Waals surface area contributed by atoms with Gasteiger partial charge < -0.3 is 4.98 Å². The Hall–Kier alpha value is -1.44. The Labute approximate surface area is 125 Å². The first-order valence-electron chi connectivity index (χ1n) is 5.80. The Morgan fingerprint density at radius 2 is 1.90 bits per heavy atom. The van der Waals surface area contributed by atoms with Crippen LogP contribution in [0.4, 0.5) is 0 Å². The third-order valence-electron chi connectivity index (χ3n) is 2.81. The molecule has 1 N–H and O–H groups in total. The summed E-state index contributed by atoms with van der Waals surface area (Å²) in [7, 11) is -2.13. The molecule has 0 aliphatic heterocycles. The molecule has 0 saturated carbocycles. The molecule has 1 heterocycles. The molecular formula is C13H13BrN2O3S. The van der Waals surface area contributed by atoms with Crippen LogP contribution in [0.1, 0.15) is 5.56 Å². The van der Waals surface area contributed by atoms with Gasteiger partial charge in [0, 0.05) is 30.3 Å². The van der Waals surface area contributed by atoms with E-state index in [1.54, 1.807) is 0 Å². The van der Waals surface area contributed by atoms with E-state index in [2.05, 4.69) is 20.9 Å². The third kappa shape index (κ3) is 3.17. The maximum absolute atomic E-state index is 12.3. The van der Waals surface area contributed by atoms with Gasteiger partial charge in [-0.3, -0.25) is 4.79 Å². The lowest BCUT2D eigenvalue weighted by atomic mass is 10.2. The lowest BCUT2D eigenvalue weighted by Crippen LogP contribution is -2.27. The van der Waals surface area contributed by atoms with Gasteiger partial charge in [0.05, 0.1) is 4.90 Å². The van der Waals surface area contributed by atoms with Crippen molar-refractivity contribution in [3.8, 4) is 0 Å². The van der Waals surface area contributed by atoms with E-state index in [9.17, 15) is 13.2 Å². The van der Waals surface area contributed by atoms with Gasteiger partial charge in [0.25, 0.3) is 0 Å². The molecule has 0 spiro atoms. The average Bonchev–Trinajstić information content (AvgIpc) is 2.41. The molecule has 1 aromatic carbocycles. The first-order valence-corrected chi connectivity index (χ1v) is 8.03. The van der Waals surface area contributed by atoms with Gasteiger partial charge in [0.2, 0.25) is 15.6 Å². The highest BCUT2D eigenvalue weighted by atomic mass is 79.9. The number of aromatic amines is 1. The minimum atomic E-state index is -3.63. The minimum Gasteiger partial charge on any atom is -0.328 e. The van der Waals surface area contributed by atoms with E-state index in [-0.39, 0.29) is 17.0 Å². The summed E-state index contributed by atoms with van der Waals surface area (Å²) in [5.41, 5.74) is 0.528. The normalized spacial score (nSPS) is 11.8. The molecule has 0 atom stereocenters. The molecule has 106 valence electrons. The van der Waals surface area contributed by atoms with Gasteiger partial charge in [-0.1, -0.05) is 34.1 Å². The molecule has 0 bridgehead atoms. The summed E-state index contributed by atoms with van der Waals surface area (Å²) in [6.07, 6.45) is 1.20. The van der Waals surface area contributed by atoms with Crippen molar-refractivity contribution in [3.05, 3.63) is 63.0 Å². The number of H-pyrrole nitrogens is 1. The van der Waals surface area contributed by atoms with Crippen LogP contribution in [0.25, 0.3) is 0 Å². The smallest absolute Gasteiger partial charge is 0.247 e. The van der Waals surface area contributed by atoms with Gasteiger partial charge in [-0.2, -0.15) is 4.31 Å². The predicted molar refractivity (Wildman–Crippen MR) is 79.9 cm³/mol. The number of nitrogens with zero attached hydrogens (tertiary/aromatic N) is 1.